The highest BCUT2D eigenvalue weighted by Crippen LogP contribution is 2.15. The lowest BCUT2D eigenvalue weighted by molar-refractivity contribution is -0.145. The molecule has 0 amide bonds. The van der Waals surface area contributed by atoms with Crippen molar-refractivity contribution in [1.29, 1.82) is 0 Å². The fraction of sp³-hybridized carbons (Fsp3) is 0.417. The molecular weight excluding hydrogens is 226 g/mol. The smallest absolute Gasteiger partial charge is 0.306 e. The molecule has 0 aliphatic carbocycles. The van der Waals surface area contributed by atoms with Gasteiger partial charge in [-0.25, -0.2) is 0 Å². The van der Waals surface area contributed by atoms with Crippen molar-refractivity contribution < 1.29 is 9.53 Å². The molecule has 0 aliphatic rings. The first-order chi connectivity index (χ1) is 7.74. The van der Waals surface area contributed by atoms with Crippen LogP contribution in [-0.2, 0) is 16.1 Å². The summed E-state index contributed by atoms with van der Waals surface area (Å²) in [7, 11) is 1.86. The predicted molar refractivity (Wildman–Crippen MR) is 64.4 cm³/mol. The van der Waals surface area contributed by atoms with E-state index < -0.39 is 0 Å². The minimum atomic E-state index is -0.185. The number of halogens is 1. The number of nitrogens with one attached hydrogen (secondary N) is 1. The lowest BCUT2D eigenvalue weighted by Crippen LogP contribution is -2.11. The molecule has 1 rings (SSSR count). The summed E-state index contributed by atoms with van der Waals surface area (Å²) >= 11 is 5.93. The van der Waals surface area contributed by atoms with Crippen LogP contribution >= 0.6 is 11.6 Å². The van der Waals surface area contributed by atoms with E-state index in [1.54, 1.807) is 6.07 Å². The van der Waals surface area contributed by atoms with Crippen molar-refractivity contribution in [1.82, 2.24) is 5.32 Å². The van der Waals surface area contributed by atoms with Crippen molar-refractivity contribution in [3.05, 3.63) is 34.9 Å². The maximum Gasteiger partial charge on any atom is 0.306 e. The fourth-order valence-electron chi connectivity index (χ4n) is 1.26. The second-order valence-corrected chi connectivity index (χ2v) is 3.87. The molecule has 1 aromatic rings. The van der Waals surface area contributed by atoms with Crippen LogP contribution in [0.3, 0.4) is 0 Å². The summed E-state index contributed by atoms with van der Waals surface area (Å²) in [6.45, 7) is 1.07. The first kappa shape index (κ1) is 13.0. The van der Waals surface area contributed by atoms with Gasteiger partial charge in [0.05, 0.1) is 0 Å². The molecule has 0 saturated heterocycles. The van der Waals surface area contributed by atoms with Crippen molar-refractivity contribution in [2.24, 2.45) is 0 Å². The first-order valence-electron chi connectivity index (χ1n) is 5.27. The van der Waals surface area contributed by atoms with Crippen molar-refractivity contribution in [3.63, 3.8) is 0 Å². The first-order valence-corrected chi connectivity index (χ1v) is 5.65. The Hall–Kier alpha value is -1.06. The van der Waals surface area contributed by atoms with Crippen molar-refractivity contribution in [2.45, 2.75) is 19.4 Å². The quantitative estimate of drug-likeness (QED) is 0.614. The molecule has 0 bridgehead atoms. The van der Waals surface area contributed by atoms with Crippen molar-refractivity contribution >= 4 is 17.6 Å². The summed E-state index contributed by atoms with van der Waals surface area (Å²) in [6, 6.07) is 7.35. The minimum Gasteiger partial charge on any atom is -0.461 e. The van der Waals surface area contributed by atoms with Gasteiger partial charge in [-0.15, -0.1) is 0 Å². The van der Waals surface area contributed by atoms with Crippen LogP contribution in [0.1, 0.15) is 18.4 Å². The zero-order chi connectivity index (χ0) is 11.8. The fourth-order valence-corrected chi connectivity index (χ4v) is 1.45. The molecule has 0 fully saturated rings. The highest BCUT2D eigenvalue weighted by atomic mass is 35.5. The third-order valence-corrected chi connectivity index (χ3v) is 2.52. The summed E-state index contributed by atoms with van der Waals surface area (Å²) in [5, 5.41) is 3.61. The van der Waals surface area contributed by atoms with Gasteiger partial charge in [-0.1, -0.05) is 29.8 Å². The van der Waals surface area contributed by atoms with Crippen LogP contribution in [-0.4, -0.2) is 19.6 Å². The Morgan fingerprint density at radius 3 is 2.88 bits per heavy atom. The Labute approximate surface area is 101 Å². The summed E-state index contributed by atoms with van der Waals surface area (Å²) in [5.41, 5.74) is 0.839. The SMILES string of the molecule is CNCCCC(=O)OCc1ccccc1Cl. The average molecular weight is 242 g/mol. The van der Waals surface area contributed by atoms with E-state index >= 15 is 0 Å². The second kappa shape index (κ2) is 7.25. The molecule has 0 aromatic heterocycles. The zero-order valence-electron chi connectivity index (χ0n) is 9.33. The van der Waals surface area contributed by atoms with Crippen LogP contribution in [0, 0.1) is 0 Å². The maximum atomic E-state index is 11.3. The van der Waals surface area contributed by atoms with Gasteiger partial charge in [-0.05, 0) is 26.1 Å². The molecule has 0 unspecified atom stereocenters. The average Bonchev–Trinajstić information content (AvgIpc) is 2.28. The third-order valence-electron chi connectivity index (χ3n) is 2.15. The number of carbonyl (C=O) groups excluding carboxylic acids is 1. The van der Waals surface area contributed by atoms with E-state index in [4.69, 9.17) is 16.3 Å². The zero-order valence-corrected chi connectivity index (χ0v) is 10.1. The van der Waals surface area contributed by atoms with Crippen LogP contribution < -0.4 is 5.32 Å². The Kier molecular flexibility index (Phi) is 5.90. The van der Waals surface area contributed by atoms with Gasteiger partial charge in [0.2, 0.25) is 0 Å². The molecule has 0 saturated carbocycles. The molecule has 0 spiro atoms. The molecule has 1 N–H and O–H groups in total. The molecule has 0 atom stereocenters. The molecule has 4 heteroatoms. The van der Waals surface area contributed by atoms with Crippen molar-refractivity contribution in [3.8, 4) is 0 Å². The van der Waals surface area contributed by atoms with Gasteiger partial charge in [0.15, 0.2) is 0 Å². The molecule has 0 heterocycles. The van der Waals surface area contributed by atoms with E-state index in [1.165, 1.54) is 0 Å². The number of carbonyl (C=O) groups is 1. The van der Waals surface area contributed by atoms with Gasteiger partial charge in [0, 0.05) is 17.0 Å². The van der Waals surface area contributed by atoms with E-state index in [2.05, 4.69) is 5.32 Å². The van der Waals surface area contributed by atoms with Crippen LogP contribution in [0.25, 0.3) is 0 Å². The van der Waals surface area contributed by atoms with Gasteiger partial charge in [0.25, 0.3) is 0 Å². The Balaban J connectivity index is 2.29. The Morgan fingerprint density at radius 1 is 1.44 bits per heavy atom. The number of ether oxygens (including phenoxy) is 1. The number of hydrogen-bond acceptors (Lipinski definition) is 3. The molecule has 88 valence electrons. The molecule has 1 aromatic carbocycles. The maximum absolute atomic E-state index is 11.3. The topological polar surface area (TPSA) is 38.3 Å². The summed E-state index contributed by atoms with van der Waals surface area (Å²) in [4.78, 5) is 11.3. The molecule has 0 radical (unpaired) electrons. The highest BCUT2D eigenvalue weighted by molar-refractivity contribution is 6.31. The van der Waals surface area contributed by atoms with E-state index in [0.29, 0.717) is 11.4 Å². The lowest BCUT2D eigenvalue weighted by atomic mass is 10.2. The van der Waals surface area contributed by atoms with Crippen LogP contribution in [0.4, 0.5) is 0 Å². The largest absolute Gasteiger partial charge is 0.461 e. The number of hydrogen-bond donors (Lipinski definition) is 1. The Bertz CT molecular complexity index is 342. The molecule has 0 aliphatic heterocycles. The third kappa shape index (κ3) is 4.64. The van der Waals surface area contributed by atoms with Gasteiger partial charge >= 0.3 is 5.97 Å². The number of esters is 1. The van der Waals surface area contributed by atoms with Crippen LogP contribution in [0.15, 0.2) is 24.3 Å². The van der Waals surface area contributed by atoms with E-state index in [0.717, 1.165) is 18.5 Å². The van der Waals surface area contributed by atoms with Crippen LogP contribution in [0.2, 0.25) is 5.02 Å². The Morgan fingerprint density at radius 2 is 2.19 bits per heavy atom. The summed E-state index contributed by atoms with van der Waals surface area (Å²) in [5.74, 6) is -0.185. The minimum absolute atomic E-state index is 0.185. The molecule has 16 heavy (non-hydrogen) atoms. The molecule has 3 nitrogen and oxygen atoms in total. The second-order valence-electron chi connectivity index (χ2n) is 3.46. The van der Waals surface area contributed by atoms with E-state index in [9.17, 15) is 4.79 Å². The summed E-state index contributed by atoms with van der Waals surface area (Å²) < 4.78 is 5.10. The van der Waals surface area contributed by atoms with Gasteiger partial charge in [0.1, 0.15) is 6.61 Å². The van der Waals surface area contributed by atoms with Crippen molar-refractivity contribution in [2.75, 3.05) is 13.6 Å². The molecular formula is C12H16ClNO2. The number of benzene rings is 1. The van der Waals surface area contributed by atoms with Crippen LogP contribution in [0.5, 0.6) is 0 Å². The standard InChI is InChI=1S/C12H16ClNO2/c1-14-8-4-7-12(15)16-9-10-5-2-3-6-11(10)13/h2-3,5-6,14H,4,7-9H2,1H3. The summed E-state index contributed by atoms with van der Waals surface area (Å²) in [6.07, 6.45) is 1.23. The number of rotatable bonds is 6. The monoisotopic (exact) mass is 241 g/mol. The predicted octanol–water partition coefficient (Wildman–Crippen LogP) is 2.38. The van der Waals surface area contributed by atoms with E-state index in [1.807, 2.05) is 25.2 Å². The van der Waals surface area contributed by atoms with Gasteiger partial charge in [-0.3, -0.25) is 4.79 Å². The van der Waals surface area contributed by atoms with Gasteiger partial charge in [-0.2, -0.15) is 0 Å². The highest BCUT2D eigenvalue weighted by Gasteiger charge is 2.04. The lowest BCUT2D eigenvalue weighted by Gasteiger charge is -2.06. The van der Waals surface area contributed by atoms with E-state index in [-0.39, 0.29) is 12.6 Å². The normalized spacial score (nSPS) is 10.1. The van der Waals surface area contributed by atoms with Gasteiger partial charge < -0.3 is 10.1 Å².